The summed E-state index contributed by atoms with van der Waals surface area (Å²) in [5, 5.41) is 13.7. The Morgan fingerprint density at radius 3 is 2.30 bits per heavy atom. The van der Waals surface area contributed by atoms with E-state index in [1.54, 1.807) is 6.92 Å². The molecule has 1 aromatic heterocycles. The molecule has 0 aliphatic heterocycles. The number of alkyl halides is 6. The van der Waals surface area contributed by atoms with Crippen LogP contribution in [0.1, 0.15) is 34.6 Å². The van der Waals surface area contributed by atoms with Gasteiger partial charge in [-0.1, -0.05) is 18.2 Å². The summed E-state index contributed by atoms with van der Waals surface area (Å²) in [4.78, 5) is 27.7. The van der Waals surface area contributed by atoms with Crippen LogP contribution in [0.5, 0.6) is 5.75 Å². The Balaban J connectivity index is 2.11. The zero-order valence-corrected chi connectivity index (χ0v) is 17.0. The Morgan fingerprint density at radius 2 is 1.76 bits per heavy atom. The minimum absolute atomic E-state index is 0.132. The maximum atomic E-state index is 13.2. The summed E-state index contributed by atoms with van der Waals surface area (Å²) in [5.41, 5.74) is -1.58. The number of rotatable bonds is 9. The Hall–Kier alpha value is -3.35. The van der Waals surface area contributed by atoms with Gasteiger partial charge in [-0.15, -0.1) is 0 Å². The standard InChI is InChI=1S/C20H19F6N3O4/c1-11(15-7-6-12(8-28-15)33-10-19(21,22)23)27-9-16(29-18(31)32)17(30)13-4-2-3-5-14(13)20(24,25)26/h2-8,11,16,27,29H,9-10H2,1H3,(H,31,32)/t11-,16?/m1/s1. The van der Waals surface area contributed by atoms with Crippen LogP contribution in [0.2, 0.25) is 0 Å². The first-order valence-electron chi connectivity index (χ1n) is 9.36. The number of pyridine rings is 1. The molecule has 0 saturated carbocycles. The minimum atomic E-state index is -4.82. The number of nitrogens with zero attached hydrogens (tertiary/aromatic N) is 1. The van der Waals surface area contributed by atoms with Gasteiger partial charge < -0.3 is 20.5 Å². The number of nitrogens with one attached hydrogen (secondary N) is 2. The number of hydrogen-bond donors (Lipinski definition) is 3. The molecule has 33 heavy (non-hydrogen) atoms. The lowest BCUT2D eigenvalue weighted by atomic mass is 9.98. The first-order valence-corrected chi connectivity index (χ1v) is 9.36. The van der Waals surface area contributed by atoms with Gasteiger partial charge in [0.15, 0.2) is 12.4 Å². The summed E-state index contributed by atoms with van der Waals surface area (Å²) >= 11 is 0. The zero-order valence-electron chi connectivity index (χ0n) is 17.0. The van der Waals surface area contributed by atoms with Crippen molar-refractivity contribution in [2.45, 2.75) is 31.4 Å². The Morgan fingerprint density at radius 1 is 1.09 bits per heavy atom. The number of carbonyl (C=O) groups is 2. The molecule has 1 heterocycles. The first-order chi connectivity index (χ1) is 15.3. The largest absolute Gasteiger partial charge is 0.483 e. The number of ketones is 1. The van der Waals surface area contributed by atoms with E-state index in [1.807, 2.05) is 5.32 Å². The second-order valence-corrected chi connectivity index (χ2v) is 6.86. The topological polar surface area (TPSA) is 101 Å². The lowest BCUT2D eigenvalue weighted by molar-refractivity contribution is -0.153. The molecule has 180 valence electrons. The van der Waals surface area contributed by atoms with Crippen LogP contribution < -0.4 is 15.4 Å². The van der Waals surface area contributed by atoms with E-state index >= 15 is 0 Å². The maximum absolute atomic E-state index is 13.2. The normalized spacial score (nSPS) is 13.8. The summed E-state index contributed by atoms with van der Waals surface area (Å²) < 4.78 is 80.9. The summed E-state index contributed by atoms with van der Waals surface area (Å²) in [7, 11) is 0. The van der Waals surface area contributed by atoms with E-state index in [1.165, 1.54) is 18.2 Å². The molecule has 2 aromatic rings. The quantitative estimate of drug-likeness (QED) is 0.368. The highest BCUT2D eigenvalue weighted by molar-refractivity contribution is 6.02. The molecular formula is C20H19F6N3O4. The molecule has 0 bridgehead atoms. The van der Waals surface area contributed by atoms with Gasteiger partial charge in [0.1, 0.15) is 11.8 Å². The molecule has 1 amide bonds. The van der Waals surface area contributed by atoms with Gasteiger partial charge in [0.05, 0.1) is 17.5 Å². The van der Waals surface area contributed by atoms with E-state index in [4.69, 9.17) is 5.11 Å². The monoisotopic (exact) mass is 479 g/mol. The van der Waals surface area contributed by atoms with Crippen molar-refractivity contribution in [3.63, 3.8) is 0 Å². The molecule has 1 aromatic carbocycles. The molecule has 2 rings (SSSR count). The Kier molecular flexibility index (Phi) is 8.25. The average Bonchev–Trinajstić information content (AvgIpc) is 2.73. The molecule has 0 radical (unpaired) electrons. The van der Waals surface area contributed by atoms with Crippen LogP contribution >= 0.6 is 0 Å². The molecule has 0 spiro atoms. The predicted molar refractivity (Wildman–Crippen MR) is 103 cm³/mol. The first kappa shape index (κ1) is 25.9. The molecule has 0 aliphatic carbocycles. The second-order valence-electron chi connectivity index (χ2n) is 6.86. The smallest absolute Gasteiger partial charge is 0.422 e. The molecule has 7 nitrogen and oxygen atoms in total. The van der Waals surface area contributed by atoms with Crippen LogP contribution in [0.4, 0.5) is 31.1 Å². The van der Waals surface area contributed by atoms with Crippen molar-refractivity contribution >= 4 is 11.9 Å². The average molecular weight is 479 g/mol. The van der Waals surface area contributed by atoms with Crippen LogP contribution in [-0.4, -0.2) is 47.3 Å². The number of carbonyl (C=O) groups excluding carboxylic acids is 1. The van der Waals surface area contributed by atoms with Crippen molar-refractivity contribution in [2.75, 3.05) is 13.2 Å². The van der Waals surface area contributed by atoms with Crippen LogP contribution in [0.25, 0.3) is 0 Å². The molecule has 3 N–H and O–H groups in total. The number of benzene rings is 1. The molecule has 0 aliphatic rings. The van der Waals surface area contributed by atoms with Crippen LogP contribution in [0.3, 0.4) is 0 Å². The van der Waals surface area contributed by atoms with E-state index in [9.17, 15) is 35.9 Å². The molecule has 13 heteroatoms. The molecule has 0 saturated heterocycles. The maximum Gasteiger partial charge on any atom is 0.422 e. The third-order valence-corrected chi connectivity index (χ3v) is 4.35. The lowest BCUT2D eigenvalue weighted by Crippen LogP contribution is -2.47. The number of ether oxygens (including phenoxy) is 1. The van der Waals surface area contributed by atoms with Gasteiger partial charge >= 0.3 is 18.4 Å². The number of halogens is 6. The predicted octanol–water partition coefficient (Wildman–Crippen LogP) is 4.21. The Bertz CT molecular complexity index is 964. The number of amides is 1. The van der Waals surface area contributed by atoms with Gasteiger partial charge in [0.2, 0.25) is 0 Å². The van der Waals surface area contributed by atoms with E-state index in [0.717, 1.165) is 18.3 Å². The Labute approximate surface area is 183 Å². The number of hydrogen-bond acceptors (Lipinski definition) is 5. The fourth-order valence-electron chi connectivity index (χ4n) is 2.79. The fourth-order valence-corrected chi connectivity index (χ4v) is 2.79. The van der Waals surface area contributed by atoms with Gasteiger partial charge in [0.25, 0.3) is 0 Å². The summed E-state index contributed by atoms with van der Waals surface area (Å²) in [6.07, 6.45) is -9.90. The minimum Gasteiger partial charge on any atom is -0.483 e. The SMILES string of the molecule is C[C@@H](NCC(NC(=O)O)C(=O)c1ccccc1C(F)(F)F)c1ccc(OCC(F)(F)F)cn1. The van der Waals surface area contributed by atoms with Gasteiger partial charge in [0, 0.05) is 18.2 Å². The van der Waals surface area contributed by atoms with Crippen LogP contribution in [-0.2, 0) is 6.18 Å². The molecule has 2 atom stereocenters. The summed E-state index contributed by atoms with van der Waals surface area (Å²) in [5.74, 6) is -1.22. The number of Topliss-reactive ketones (excluding diaryl/α,β-unsaturated/α-hetero) is 1. The van der Waals surface area contributed by atoms with Crippen molar-refractivity contribution < 1.29 is 45.8 Å². The third-order valence-electron chi connectivity index (χ3n) is 4.35. The highest BCUT2D eigenvalue weighted by atomic mass is 19.4. The molecule has 0 fully saturated rings. The van der Waals surface area contributed by atoms with E-state index in [2.05, 4.69) is 15.0 Å². The van der Waals surface area contributed by atoms with Crippen molar-refractivity contribution in [3.8, 4) is 5.75 Å². The highest BCUT2D eigenvalue weighted by Gasteiger charge is 2.36. The highest BCUT2D eigenvalue weighted by Crippen LogP contribution is 2.32. The van der Waals surface area contributed by atoms with Crippen molar-refractivity contribution in [1.29, 1.82) is 0 Å². The van der Waals surface area contributed by atoms with E-state index < -0.39 is 54.0 Å². The molecule has 1 unspecified atom stereocenters. The lowest BCUT2D eigenvalue weighted by Gasteiger charge is -2.21. The summed E-state index contributed by atoms with van der Waals surface area (Å²) in [6.45, 7) is -0.317. The van der Waals surface area contributed by atoms with Gasteiger partial charge in [-0.25, -0.2) is 4.79 Å². The van der Waals surface area contributed by atoms with E-state index in [0.29, 0.717) is 11.8 Å². The van der Waals surface area contributed by atoms with Crippen LogP contribution in [0, 0.1) is 0 Å². The number of carboxylic acid groups (broad SMARTS) is 1. The fraction of sp³-hybridized carbons (Fsp3) is 0.350. The van der Waals surface area contributed by atoms with Gasteiger partial charge in [-0.2, -0.15) is 26.3 Å². The van der Waals surface area contributed by atoms with Gasteiger partial charge in [-0.3, -0.25) is 9.78 Å². The third kappa shape index (κ3) is 7.93. The second kappa shape index (κ2) is 10.5. The van der Waals surface area contributed by atoms with Crippen LogP contribution in [0.15, 0.2) is 42.6 Å². The van der Waals surface area contributed by atoms with Crippen molar-refractivity contribution in [1.82, 2.24) is 15.6 Å². The van der Waals surface area contributed by atoms with Crippen molar-refractivity contribution in [3.05, 3.63) is 59.4 Å². The molecular weight excluding hydrogens is 460 g/mol. The van der Waals surface area contributed by atoms with E-state index in [-0.39, 0.29) is 12.3 Å². The van der Waals surface area contributed by atoms with Crippen molar-refractivity contribution in [2.24, 2.45) is 0 Å². The number of aromatic nitrogens is 1. The summed E-state index contributed by atoms with van der Waals surface area (Å²) in [6, 6.07) is 4.40. The van der Waals surface area contributed by atoms with Gasteiger partial charge in [-0.05, 0) is 25.1 Å². The zero-order chi connectivity index (χ0) is 24.8.